The number of aromatic nitrogens is 2. The summed E-state index contributed by atoms with van der Waals surface area (Å²) in [5.41, 5.74) is 19.4. The van der Waals surface area contributed by atoms with E-state index in [9.17, 15) is 14.4 Å². The number of hydrogen-bond donors (Lipinski definition) is 8. The number of fused-ring (bicyclic) bond motifs is 2. The van der Waals surface area contributed by atoms with Gasteiger partial charge in [-0.3, -0.25) is 14.4 Å². The summed E-state index contributed by atoms with van der Waals surface area (Å²) in [5.74, 6) is -2.91. The number of hydrogen-bond acceptors (Lipinski definition) is 6. The summed E-state index contributed by atoms with van der Waals surface area (Å²) in [4.78, 5) is 36.7. The largest absolute Gasteiger partial charge is 0.480 e. The Labute approximate surface area is 200 Å². The second-order valence-electron chi connectivity index (χ2n) is 7.61. The van der Waals surface area contributed by atoms with E-state index in [0.29, 0.717) is 12.8 Å². The van der Waals surface area contributed by atoms with E-state index >= 15 is 0 Å². The average Bonchev–Trinajstić information content (AvgIpc) is 3.44. The van der Waals surface area contributed by atoms with Gasteiger partial charge in [-0.25, -0.2) is 0 Å². The standard InChI is InChI=1S/2C11H12N2O2.C2H5NO2/c2*12-9(11(14)15)5-7-6-13-10-4-2-1-3-8(7)10;3-1-2(4)5/h2*1-4,6,9,13H,5,12H2,(H,14,15);1,3H2,(H,4,5). The van der Waals surface area contributed by atoms with Crippen LogP contribution >= 0.6 is 0 Å². The minimum atomic E-state index is -0.972. The Balaban J connectivity index is 0.000000208. The van der Waals surface area contributed by atoms with Gasteiger partial charge in [0.25, 0.3) is 0 Å². The van der Waals surface area contributed by atoms with Crippen LogP contribution in [0.1, 0.15) is 11.1 Å². The van der Waals surface area contributed by atoms with Crippen LogP contribution in [0, 0.1) is 0 Å². The molecule has 4 aromatic rings. The molecule has 35 heavy (non-hydrogen) atoms. The molecule has 186 valence electrons. The van der Waals surface area contributed by atoms with Crippen molar-refractivity contribution in [1.82, 2.24) is 9.97 Å². The number of para-hydroxylation sites is 2. The predicted molar refractivity (Wildman–Crippen MR) is 132 cm³/mol. The minimum absolute atomic E-state index is 0.278. The fourth-order valence-electron chi connectivity index (χ4n) is 3.25. The molecule has 0 saturated heterocycles. The van der Waals surface area contributed by atoms with E-state index in [-0.39, 0.29) is 6.54 Å². The minimum Gasteiger partial charge on any atom is -0.480 e. The Kier molecular flexibility index (Phi) is 9.97. The van der Waals surface area contributed by atoms with Crippen LogP contribution in [0.2, 0.25) is 0 Å². The van der Waals surface area contributed by atoms with Gasteiger partial charge in [0.1, 0.15) is 12.1 Å². The zero-order chi connectivity index (χ0) is 26.0. The molecule has 0 saturated carbocycles. The molecule has 0 amide bonds. The first kappa shape index (κ1) is 27.1. The van der Waals surface area contributed by atoms with Gasteiger partial charge < -0.3 is 42.5 Å². The van der Waals surface area contributed by atoms with Crippen LogP contribution in [-0.2, 0) is 27.2 Å². The van der Waals surface area contributed by atoms with Crippen molar-refractivity contribution >= 4 is 39.7 Å². The Morgan fingerprint density at radius 3 is 1.37 bits per heavy atom. The Morgan fingerprint density at radius 2 is 1.06 bits per heavy atom. The van der Waals surface area contributed by atoms with Crippen LogP contribution in [-0.4, -0.2) is 61.8 Å². The van der Waals surface area contributed by atoms with Gasteiger partial charge in [0.2, 0.25) is 0 Å². The van der Waals surface area contributed by atoms with Crippen molar-refractivity contribution in [1.29, 1.82) is 0 Å². The van der Waals surface area contributed by atoms with Crippen LogP contribution in [0.15, 0.2) is 60.9 Å². The van der Waals surface area contributed by atoms with Crippen LogP contribution in [0.4, 0.5) is 0 Å². The van der Waals surface area contributed by atoms with E-state index in [0.717, 1.165) is 32.9 Å². The van der Waals surface area contributed by atoms with Crippen LogP contribution in [0.25, 0.3) is 21.8 Å². The third-order valence-corrected chi connectivity index (χ3v) is 5.04. The highest BCUT2D eigenvalue weighted by Crippen LogP contribution is 2.19. The summed E-state index contributed by atoms with van der Waals surface area (Å²) in [5, 5.41) is 27.1. The lowest BCUT2D eigenvalue weighted by Crippen LogP contribution is -2.32. The Morgan fingerprint density at radius 1 is 0.714 bits per heavy atom. The number of rotatable bonds is 7. The van der Waals surface area contributed by atoms with Gasteiger partial charge in [-0.05, 0) is 23.3 Å². The molecular formula is C24H29N5O6. The van der Waals surface area contributed by atoms with E-state index in [2.05, 4.69) is 15.7 Å². The van der Waals surface area contributed by atoms with Gasteiger partial charge in [0, 0.05) is 47.0 Å². The molecule has 0 fully saturated rings. The maximum Gasteiger partial charge on any atom is 0.320 e. The van der Waals surface area contributed by atoms with E-state index in [4.69, 9.17) is 26.8 Å². The molecule has 0 bridgehead atoms. The molecule has 0 aliphatic carbocycles. The molecule has 0 aliphatic heterocycles. The molecule has 2 unspecified atom stereocenters. The maximum atomic E-state index is 10.6. The fraction of sp³-hybridized carbons (Fsp3) is 0.208. The monoisotopic (exact) mass is 483 g/mol. The number of carboxylic acid groups (broad SMARTS) is 3. The molecule has 2 aromatic heterocycles. The summed E-state index contributed by atoms with van der Waals surface area (Å²) in [6, 6.07) is 13.8. The second-order valence-corrected chi connectivity index (χ2v) is 7.61. The highest BCUT2D eigenvalue weighted by Gasteiger charge is 2.15. The third kappa shape index (κ3) is 7.96. The number of nitrogens with two attached hydrogens (primary N) is 3. The van der Waals surface area contributed by atoms with Gasteiger partial charge >= 0.3 is 17.9 Å². The van der Waals surface area contributed by atoms with Gasteiger partial charge in [-0.1, -0.05) is 36.4 Å². The summed E-state index contributed by atoms with van der Waals surface area (Å²) < 4.78 is 0. The third-order valence-electron chi connectivity index (χ3n) is 5.04. The summed E-state index contributed by atoms with van der Waals surface area (Å²) in [6.45, 7) is -0.278. The van der Waals surface area contributed by atoms with Crippen LogP contribution in [0.3, 0.4) is 0 Å². The molecular weight excluding hydrogens is 454 g/mol. The molecule has 0 spiro atoms. The van der Waals surface area contributed by atoms with Crippen molar-refractivity contribution < 1.29 is 29.7 Å². The SMILES string of the molecule is NC(Cc1c[nH]c2ccccc12)C(=O)O.NC(Cc1c[nH]c2ccccc12)C(=O)O.NCC(=O)O. The summed E-state index contributed by atoms with van der Waals surface area (Å²) in [6.07, 6.45) is 4.32. The maximum absolute atomic E-state index is 10.6. The lowest BCUT2D eigenvalue weighted by atomic mass is 10.1. The molecule has 11 N–H and O–H groups in total. The van der Waals surface area contributed by atoms with Crippen molar-refractivity contribution in [2.75, 3.05) is 6.54 Å². The fourth-order valence-corrected chi connectivity index (χ4v) is 3.25. The lowest BCUT2D eigenvalue weighted by Gasteiger charge is -2.04. The van der Waals surface area contributed by atoms with Crippen molar-refractivity contribution in [3.05, 3.63) is 72.1 Å². The molecule has 2 aromatic carbocycles. The first-order valence-electron chi connectivity index (χ1n) is 10.6. The van der Waals surface area contributed by atoms with Crippen LogP contribution in [0.5, 0.6) is 0 Å². The van der Waals surface area contributed by atoms with Gasteiger partial charge in [0.15, 0.2) is 0 Å². The average molecular weight is 484 g/mol. The zero-order valence-electron chi connectivity index (χ0n) is 18.8. The Bertz CT molecular complexity index is 1190. The zero-order valence-corrected chi connectivity index (χ0v) is 18.8. The number of carbonyl (C=O) groups is 3. The van der Waals surface area contributed by atoms with E-state index in [1.165, 1.54) is 0 Å². The number of nitrogens with one attached hydrogen (secondary N) is 2. The highest BCUT2D eigenvalue weighted by molar-refractivity contribution is 5.85. The van der Waals surface area contributed by atoms with Gasteiger partial charge in [-0.2, -0.15) is 0 Å². The molecule has 11 nitrogen and oxygen atoms in total. The molecule has 0 radical (unpaired) electrons. The Hall–Kier alpha value is -4.19. The smallest absolute Gasteiger partial charge is 0.320 e. The lowest BCUT2D eigenvalue weighted by molar-refractivity contribution is -0.139. The quantitative estimate of drug-likeness (QED) is 0.189. The number of benzene rings is 2. The molecule has 4 rings (SSSR count). The van der Waals surface area contributed by atoms with E-state index < -0.39 is 30.0 Å². The molecule has 0 aliphatic rings. The van der Waals surface area contributed by atoms with Crippen molar-refractivity contribution in [2.45, 2.75) is 24.9 Å². The second kappa shape index (κ2) is 12.9. The molecule has 2 atom stereocenters. The van der Waals surface area contributed by atoms with Gasteiger partial charge in [0.05, 0.1) is 6.54 Å². The van der Waals surface area contributed by atoms with E-state index in [1.54, 1.807) is 0 Å². The van der Waals surface area contributed by atoms with Crippen molar-refractivity contribution in [2.24, 2.45) is 17.2 Å². The molecule has 2 heterocycles. The van der Waals surface area contributed by atoms with Crippen molar-refractivity contribution in [3.63, 3.8) is 0 Å². The topological polar surface area (TPSA) is 222 Å². The number of H-pyrrole nitrogens is 2. The molecule has 11 heteroatoms. The number of carboxylic acids is 3. The first-order chi connectivity index (χ1) is 16.6. The van der Waals surface area contributed by atoms with Gasteiger partial charge in [-0.15, -0.1) is 0 Å². The van der Waals surface area contributed by atoms with E-state index in [1.807, 2.05) is 60.9 Å². The van der Waals surface area contributed by atoms with Crippen molar-refractivity contribution in [3.8, 4) is 0 Å². The first-order valence-corrected chi connectivity index (χ1v) is 10.6. The number of aliphatic carboxylic acids is 3. The summed E-state index contributed by atoms with van der Waals surface area (Å²) >= 11 is 0. The normalized spacial score (nSPS) is 12.1. The summed E-state index contributed by atoms with van der Waals surface area (Å²) in [7, 11) is 0. The highest BCUT2D eigenvalue weighted by atomic mass is 16.4. The number of aromatic amines is 2. The predicted octanol–water partition coefficient (Wildman–Crippen LogP) is 1.27. The van der Waals surface area contributed by atoms with Crippen LogP contribution < -0.4 is 17.2 Å².